The average Bonchev–Trinajstić information content (AvgIpc) is 3.62. The first-order valence-corrected chi connectivity index (χ1v) is 11.9. The van der Waals surface area contributed by atoms with Crippen LogP contribution < -0.4 is 5.32 Å². The number of nitrogens with one attached hydrogen (secondary N) is 1. The van der Waals surface area contributed by atoms with Crippen LogP contribution in [0.2, 0.25) is 10.0 Å². The van der Waals surface area contributed by atoms with E-state index in [-0.39, 0.29) is 30.0 Å². The van der Waals surface area contributed by atoms with E-state index in [4.69, 9.17) is 23.2 Å². The Bertz CT molecular complexity index is 997. The van der Waals surface area contributed by atoms with Gasteiger partial charge in [0.25, 0.3) is 0 Å². The lowest BCUT2D eigenvalue weighted by molar-refractivity contribution is -0.132. The maximum atomic E-state index is 14.2. The van der Waals surface area contributed by atoms with Crippen molar-refractivity contribution in [3.63, 3.8) is 0 Å². The minimum absolute atomic E-state index is 0.0312. The van der Waals surface area contributed by atoms with Crippen molar-refractivity contribution in [2.75, 3.05) is 6.61 Å². The molecule has 1 saturated carbocycles. The predicted molar refractivity (Wildman–Crippen MR) is 130 cm³/mol. The summed E-state index contributed by atoms with van der Waals surface area (Å²) in [6.07, 6.45) is 3.14. The van der Waals surface area contributed by atoms with Crippen LogP contribution >= 0.6 is 23.2 Å². The number of halogens is 3. The van der Waals surface area contributed by atoms with E-state index in [9.17, 15) is 19.4 Å². The van der Waals surface area contributed by atoms with Crippen molar-refractivity contribution in [2.24, 2.45) is 11.3 Å². The molecule has 0 aromatic heterocycles. The Labute approximate surface area is 204 Å². The molecule has 0 aliphatic heterocycles. The van der Waals surface area contributed by atoms with E-state index in [1.54, 1.807) is 30.3 Å². The quantitative estimate of drug-likeness (QED) is 0.346. The molecule has 178 valence electrons. The molecule has 1 aliphatic rings. The minimum atomic E-state index is -1.11. The largest absolute Gasteiger partial charge is 0.394 e. The van der Waals surface area contributed by atoms with Gasteiger partial charge >= 0.3 is 0 Å². The molecule has 0 bridgehead atoms. The van der Waals surface area contributed by atoms with Gasteiger partial charge in [-0.25, -0.2) is 4.39 Å². The molecule has 3 rings (SSSR count). The third kappa shape index (κ3) is 6.36. The second-order valence-electron chi connectivity index (χ2n) is 9.14. The molecule has 0 saturated heterocycles. The molecule has 33 heavy (non-hydrogen) atoms. The Balaban J connectivity index is 1.95. The molecule has 1 aliphatic carbocycles. The van der Waals surface area contributed by atoms with Gasteiger partial charge in [0, 0.05) is 10.9 Å². The van der Waals surface area contributed by atoms with Gasteiger partial charge in [-0.15, -0.1) is 6.58 Å². The van der Waals surface area contributed by atoms with Gasteiger partial charge in [-0.2, -0.15) is 0 Å². The highest BCUT2D eigenvalue weighted by molar-refractivity contribution is 6.31. The Morgan fingerprint density at radius 2 is 2.00 bits per heavy atom. The van der Waals surface area contributed by atoms with Gasteiger partial charge in [0.15, 0.2) is 0 Å². The number of aliphatic hydroxyl groups excluding tert-OH is 2. The van der Waals surface area contributed by atoms with Crippen LogP contribution in [0.3, 0.4) is 0 Å². The van der Waals surface area contributed by atoms with Crippen LogP contribution in [0.15, 0.2) is 55.1 Å². The monoisotopic (exact) mass is 493 g/mol. The van der Waals surface area contributed by atoms with Crippen molar-refractivity contribution in [2.45, 2.75) is 50.7 Å². The lowest BCUT2D eigenvalue weighted by Crippen LogP contribution is -2.47. The lowest BCUT2D eigenvalue weighted by atomic mass is 9.72. The molecule has 2 unspecified atom stereocenters. The van der Waals surface area contributed by atoms with Crippen molar-refractivity contribution in [3.05, 3.63) is 82.1 Å². The van der Waals surface area contributed by atoms with E-state index >= 15 is 0 Å². The van der Waals surface area contributed by atoms with Crippen LogP contribution in [-0.4, -0.2) is 28.8 Å². The summed E-state index contributed by atoms with van der Waals surface area (Å²) >= 11 is 12.1. The summed E-state index contributed by atoms with van der Waals surface area (Å²) in [5.74, 6) is -1.11. The topological polar surface area (TPSA) is 69.6 Å². The van der Waals surface area contributed by atoms with Gasteiger partial charge < -0.3 is 15.5 Å². The first-order valence-electron chi connectivity index (χ1n) is 11.1. The zero-order valence-electron chi connectivity index (χ0n) is 18.6. The van der Waals surface area contributed by atoms with Crippen LogP contribution in [0.25, 0.3) is 0 Å². The molecule has 3 N–H and O–H groups in total. The number of aliphatic hydroxyl groups is 2. The summed E-state index contributed by atoms with van der Waals surface area (Å²) in [5, 5.41) is 24.5. The van der Waals surface area contributed by atoms with Crippen LogP contribution in [-0.2, 0) is 4.79 Å². The summed E-state index contributed by atoms with van der Waals surface area (Å²) in [6.45, 7) is 5.51. The lowest BCUT2D eigenvalue weighted by Gasteiger charge is -2.35. The zero-order chi connectivity index (χ0) is 24.2. The first kappa shape index (κ1) is 25.7. The number of carbonyl (C=O) groups excluding carboxylic acids is 1. The highest BCUT2D eigenvalue weighted by atomic mass is 35.5. The van der Waals surface area contributed by atoms with Crippen LogP contribution in [0.1, 0.15) is 55.8 Å². The van der Waals surface area contributed by atoms with E-state index in [1.807, 2.05) is 13.0 Å². The summed E-state index contributed by atoms with van der Waals surface area (Å²) in [6, 6.07) is 11.0. The maximum Gasteiger partial charge on any atom is 0.226 e. The number of rotatable bonds is 11. The minimum Gasteiger partial charge on any atom is -0.394 e. The van der Waals surface area contributed by atoms with Crippen LogP contribution in [0.5, 0.6) is 0 Å². The van der Waals surface area contributed by atoms with Crippen molar-refractivity contribution in [1.29, 1.82) is 0 Å². The summed E-state index contributed by atoms with van der Waals surface area (Å²) in [7, 11) is 0. The van der Waals surface area contributed by atoms with Gasteiger partial charge in [0.05, 0.1) is 29.2 Å². The number of benzene rings is 2. The molecular formula is C26H30Cl2FNO3. The molecule has 7 heteroatoms. The standard InChI is InChI=1S/C26H30Cl2FNO3/c1-3-11-26(2,25(33)30-23(15-31)16-7-8-16)14-20(17-5-4-6-19(27)12-17)24(32)18-9-10-21(28)22(29)13-18/h3-6,9-10,12-13,16,20,23-24,31-32H,1,7-8,11,14-15H2,2H3,(H,30,33)/t20-,23-,24?,26?/m1/s1. The van der Waals surface area contributed by atoms with E-state index in [0.717, 1.165) is 18.4 Å². The van der Waals surface area contributed by atoms with E-state index in [1.165, 1.54) is 12.1 Å². The number of allylic oxidation sites excluding steroid dienone is 1. The van der Waals surface area contributed by atoms with Gasteiger partial charge in [0.1, 0.15) is 5.82 Å². The molecule has 0 spiro atoms. The van der Waals surface area contributed by atoms with Gasteiger partial charge in [-0.1, -0.05) is 54.4 Å². The molecule has 4 atom stereocenters. The van der Waals surface area contributed by atoms with Crippen molar-refractivity contribution in [1.82, 2.24) is 5.32 Å². The van der Waals surface area contributed by atoms with E-state index in [2.05, 4.69) is 11.9 Å². The maximum absolute atomic E-state index is 14.2. The first-order chi connectivity index (χ1) is 15.7. The number of carbonyl (C=O) groups is 1. The molecule has 0 heterocycles. The van der Waals surface area contributed by atoms with Gasteiger partial charge in [-0.05, 0) is 67.0 Å². The van der Waals surface area contributed by atoms with Crippen molar-refractivity contribution >= 4 is 29.1 Å². The summed E-state index contributed by atoms with van der Waals surface area (Å²) in [5.41, 5.74) is 0.159. The predicted octanol–water partition coefficient (Wildman–Crippen LogP) is 5.81. The second kappa shape index (κ2) is 11.0. The highest BCUT2D eigenvalue weighted by Gasteiger charge is 2.41. The fourth-order valence-electron chi connectivity index (χ4n) is 4.30. The molecule has 4 nitrogen and oxygen atoms in total. The Hall–Kier alpha value is -1.92. The van der Waals surface area contributed by atoms with Gasteiger partial charge in [-0.3, -0.25) is 4.79 Å². The van der Waals surface area contributed by atoms with Crippen LogP contribution in [0.4, 0.5) is 4.39 Å². The fraction of sp³-hybridized carbons (Fsp3) is 0.423. The average molecular weight is 494 g/mol. The molecule has 2 aromatic rings. The zero-order valence-corrected chi connectivity index (χ0v) is 20.1. The fourth-order valence-corrected chi connectivity index (χ4v) is 4.62. The van der Waals surface area contributed by atoms with Crippen molar-refractivity contribution < 1.29 is 19.4 Å². The Morgan fingerprint density at radius 3 is 2.58 bits per heavy atom. The number of hydrogen-bond donors (Lipinski definition) is 3. The molecule has 1 amide bonds. The number of amides is 1. The Kier molecular flexibility index (Phi) is 8.57. The normalized spacial score (nSPS) is 18.1. The Morgan fingerprint density at radius 1 is 1.27 bits per heavy atom. The van der Waals surface area contributed by atoms with E-state index < -0.39 is 23.3 Å². The summed E-state index contributed by atoms with van der Waals surface area (Å²) in [4.78, 5) is 13.4. The van der Waals surface area contributed by atoms with Crippen LogP contribution in [0, 0.1) is 17.2 Å². The molecule has 0 radical (unpaired) electrons. The molecule has 2 aromatic carbocycles. The third-order valence-corrected chi connectivity index (χ3v) is 7.00. The number of hydrogen-bond acceptors (Lipinski definition) is 3. The molecular weight excluding hydrogens is 464 g/mol. The smallest absolute Gasteiger partial charge is 0.226 e. The SMILES string of the molecule is C=CCC(C)(C[C@H](c1cccc(Cl)c1)C(O)c1ccc(Cl)c(F)c1)C(=O)N[C@H](CO)C1CC1. The van der Waals surface area contributed by atoms with E-state index in [0.29, 0.717) is 22.9 Å². The second-order valence-corrected chi connectivity index (χ2v) is 9.98. The summed E-state index contributed by atoms with van der Waals surface area (Å²) < 4.78 is 14.2. The molecule has 1 fully saturated rings. The third-order valence-electron chi connectivity index (χ3n) is 6.46. The van der Waals surface area contributed by atoms with Crippen molar-refractivity contribution in [3.8, 4) is 0 Å². The highest BCUT2D eigenvalue weighted by Crippen LogP contribution is 2.43. The van der Waals surface area contributed by atoms with Gasteiger partial charge in [0.2, 0.25) is 5.91 Å².